The summed E-state index contributed by atoms with van der Waals surface area (Å²) in [4.78, 5) is 23.2. The van der Waals surface area contributed by atoms with Gasteiger partial charge in [-0.25, -0.2) is 4.79 Å². The van der Waals surface area contributed by atoms with Crippen LogP contribution in [0.4, 0.5) is 0 Å². The smallest absolute Gasteiger partial charge is 0.333 e. The highest BCUT2D eigenvalue weighted by atomic mass is 16.6. The third-order valence-electron chi connectivity index (χ3n) is 9.80. The first-order chi connectivity index (χ1) is 15.3. The van der Waals surface area contributed by atoms with Gasteiger partial charge in [0.2, 0.25) is 6.29 Å². The monoisotopic (exact) mass is 460 g/mol. The summed E-state index contributed by atoms with van der Waals surface area (Å²) in [5.74, 6) is -0.185. The summed E-state index contributed by atoms with van der Waals surface area (Å²) in [7, 11) is 0. The summed E-state index contributed by atoms with van der Waals surface area (Å²) in [5.41, 5.74) is -0.511. The van der Waals surface area contributed by atoms with Crippen molar-refractivity contribution in [3.63, 3.8) is 0 Å². The predicted molar refractivity (Wildman–Crippen MR) is 124 cm³/mol. The lowest BCUT2D eigenvalue weighted by Crippen LogP contribution is -2.63. The van der Waals surface area contributed by atoms with Crippen LogP contribution in [0.3, 0.4) is 0 Å². The summed E-state index contributed by atoms with van der Waals surface area (Å²) in [6.07, 6.45) is 10.9. The number of esters is 2. The molecule has 3 saturated carbocycles. The maximum atomic E-state index is 11.8. The normalized spacial score (nSPS) is 44.6. The molecule has 6 nitrogen and oxygen atoms in total. The number of rotatable bonds is 4. The average Bonchev–Trinajstić information content (AvgIpc) is 3.02. The zero-order chi connectivity index (χ0) is 24.2. The predicted octanol–water partition coefficient (Wildman–Crippen LogP) is 4.30. The molecule has 0 aromatic rings. The first-order valence-corrected chi connectivity index (χ1v) is 12.5. The molecule has 0 bridgehead atoms. The Morgan fingerprint density at radius 2 is 1.82 bits per heavy atom. The third-order valence-corrected chi connectivity index (χ3v) is 9.80. The lowest BCUT2D eigenvalue weighted by molar-refractivity contribution is -0.214. The van der Waals surface area contributed by atoms with Gasteiger partial charge in [-0.2, -0.15) is 0 Å². The fourth-order valence-electron chi connectivity index (χ4n) is 8.43. The topological polar surface area (TPSA) is 93.1 Å². The Balaban J connectivity index is 1.72. The molecule has 3 aliphatic carbocycles. The highest BCUT2D eigenvalue weighted by Gasteiger charge is 2.64. The number of aliphatic hydroxyl groups is 2. The number of carbonyl (C=O) groups excluding carboxylic acids is 2. The van der Waals surface area contributed by atoms with Crippen molar-refractivity contribution in [1.82, 2.24) is 0 Å². The molecule has 33 heavy (non-hydrogen) atoms. The SMILES string of the molecule is CC(=O)OC[C@]1(O)CC[C@@H]2[C@@](C)(CC[C@H]3C(C)(C)CCC[C@]23C)[C@@H]1/C=C/C1=CC(=O)O[C@H]1O. The van der Waals surface area contributed by atoms with Gasteiger partial charge in [0, 0.05) is 24.5 Å². The van der Waals surface area contributed by atoms with Crippen molar-refractivity contribution in [1.29, 1.82) is 0 Å². The molecule has 2 N–H and O–H groups in total. The van der Waals surface area contributed by atoms with Crippen molar-refractivity contribution in [2.75, 3.05) is 6.61 Å². The minimum absolute atomic E-state index is 0.0533. The molecular formula is C27H40O6. The van der Waals surface area contributed by atoms with E-state index in [-0.39, 0.29) is 23.4 Å². The Bertz CT molecular complexity index is 874. The first kappa shape index (κ1) is 24.5. The number of aliphatic hydroxyl groups excluding tert-OH is 1. The van der Waals surface area contributed by atoms with E-state index in [9.17, 15) is 19.8 Å². The van der Waals surface area contributed by atoms with E-state index in [1.807, 2.05) is 6.08 Å². The molecule has 3 fully saturated rings. The summed E-state index contributed by atoms with van der Waals surface area (Å²) in [6.45, 7) is 10.9. The van der Waals surface area contributed by atoms with Gasteiger partial charge in [0.25, 0.3) is 0 Å². The van der Waals surface area contributed by atoms with E-state index in [0.29, 0.717) is 29.2 Å². The number of carbonyl (C=O) groups is 2. The van der Waals surface area contributed by atoms with E-state index < -0.39 is 23.8 Å². The Kier molecular flexibility index (Phi) is 6.10. The summed E-state index contributed by atoms with van der Waals surface area (Å²) >= 11 is 0. The lowest BCUT2D eigenvalue weighted by atomic mass is 9.38. The number of hydrogen-bond acceptors (Lipinski definition) is 6. The zero-order valence-corrected chi connectivity index (χ0v) is 20.7. The summed E-state index contributed by atoms with van der Waals surface area (Å²) < 4.78 is 10.2. The van der Waals surface area contributed by atoms with E-state index in [2.05, 4.69) is 27.7 Å². The van der Waals surface area contributed by atoms with Crippen molar-refractivity contribution >= 4 is 11.9 Å². The molecule has 0 saturated heterocycles. The van der Waals surface area contributed by atoms with Crippen LogP contribution in [0.2, 0.25) is 0 Å². The van der Waals surface area contributed by atoms with Gasteiger partial charge in [0.15, 0.2) is 0 Å². The van der Waals surface area contributed by atoms with Gasteiger partial charge in [0.1, 0.15) is 12.2 Å². The van der Waals surface area contributed by atoms with Crippen molar-refractivity contribution in [2.24, 2.45) is 34.0 Å². The van der Waals surface area contributed by atoms with Crippen LogP contribution in [0.5, 0.6) is 0 Å². The van der Waals surface area contributed by atoms with Gasteiger partial charge in [-0.1, -0.05) is 46.3 Å². The molecule has 1 aliphatic heterocycles. The first-order valence-electron chi connectivity index (χ1n) is 12.5. The molecule has 0 amide bonds. The van der Waals surface area contributed by atoms with Gasteiger partial charge < -0.3 is 19.7 Å². The van der Waals surface area contributed by atoms with Crippen LogP contribution < -0.4 is 0 Å². The molecule has 0 radical (unpaired) electrons. The minimum Gasteiger partial charge on any atom is -0.463 e. The molecular weight excluding hydrogens is 420 g/mol. The van der Waals surface area contributed by atoms with Crippen molar-refractivity contribution in [3.8, 4) is 0 Å². The van der Waals surface area contributed by atoms with E-state index in [4.69, 9.17) is 9.47 Å². The molecule has 184 valence electrons. The molecule has 4 rings (SSSR count). The summed E-state index contributed by atoms with van der Waals surface area (Å²) in [6, 6.07) is 0. The van der Waals surface area contributed by atoms with Gasteiger partial charge in [-0.15, -0.1) is 0 Å². The Labute approximate surface area is 197 Å². The molecule has 0 aromatic heterocycles. The number of fused-ring (bicyclic) bond motifs is 3. The average molecular weight is 461 g/mol. The summed E-state index contributed by atoms with van der Waals surface area (Å²) in [5, 5.41) is 21.9. The van der Waals surface area contributed by atoms with Crippen molar-refractivity contribution in [2.45, 2.75) is 91.5 Å². The van der Waals surface area contributed by atoms with E-state index in [1.165, 1.54) is 32.3 Å². The van der Waals surface area contributed by atoms with Crippen LogP contribution in [-0.2, 0) is 19.1 Å². The molecule has 0 spiro atoms. The maximum absolute atomic E-state index is 11.8. The number of hydrogen-bond donors (Lipinski definition) is 2. The Hall–Kier alpha value is -1.66. The zero-order valence-electron chi connectivity index (χ0n) is 20.7. The van der Waals surface area contributed by atoms with Crippen LogP contribution >= 0.6 is 0 Å². The Morgan fingerprint density at radius 1 is 1.12 bits per heavy atom. The second-order valence-corrected chi connectivity index (χ2v) is 12.2. The van der Waals surface area contributed by atoms with Crippen LogP contribution in [0.25, 0.3) is 0 Å². The van der Waals surface area contributed by atoms with E-state index in [0.717, 1.165) is 19.3 Å². The fourth-order valence-corrected chi connectivity index (χ4v) is 8.43. The van der Waals surface area contributed by atoms with Crippen molar-refractivity contribution in [3.05, 3.63) is 23.8 Å². The lowest BCUT2D eigenvalue weighted by Gasteiger charge is -2.67. The molecule has 4 aliphatic rings. The Morgan fingerprint density at radius 3 is 2.45 bits per heavy atom. The van der Waals surface area contributed by atoms with Gasteiger partial charge in [-0.3, -0.25) is 4.79 Å². The fraction of sp³-hybridized carbons (Fsp3) is 0.778. The van der Waals surface area contributed by atoms with E-state index >= 15 is 0 Å². The van der Waals surface area contributed by atoms with Crippen molar-refractivity contribution < 1.29 is 29.3 Å². The number of cyclic esters (lactones) is 1. The standard InChI is InChI=1S/C27H40O6/c1-17(28)32-16-27(31)14-10-20-25(4)12-6-11-24(2,3)19(25)9-13-26(20,5)21(27)8-7-18-15-22(29)33-23(18)30/h7-8,15,19-21,23,30-31H,6,9-14,16H2,1-5H3/b8-7+/t19-,20-,21-,23+,25-,26+,27+/m0/s1. The minimum atomic E-state index is -1.28. The van der Waals surface area contributed by atoms with Crippen LogP contribution in [0, 0.1) is 34.0 Å². The van der Waals surface area contributed by atoms with Crippen LogP contribution in [0.15, 0.2) is 23.8 Å². The second-order valence-electron chi connectivity index (χ2n) is 12.2. The van der Waals surface area contributed by atoms with Crippen LogP contribution in [0.1, 0.15) is 79.6 Å². The second kappa shape index (κ2) is 8.23. The molecule has 7 atom stereocenters. The molecule has 0 unspecified atom stereocenters. The molecule has 1 heterocycles. The van der Waals surface area contributed by atoms with Gasteiger partial charge in [0.05, 0.1) is 0 Å². The highest BCUT2D eigenvalue weighted by molar-refractivity contribution is 5.86. The largest absolute Gasteiger partial charge is 0.463 e. The highest BCUT2D eigenvalue weighted by Crippen LogP contribution is 2.69. The molecule has 0 aromatic carbocycles. The van der Waals surface area contributed by atoms with Crippen LogP contribution in [-0.4, -0.2) is 40.6 Å². The van der Waals surface area contributed by atoms with Gasteiger partial charge >= 0.3 is 11.9 Å². The third kappa shape index (κ3) is 4.07. The number of ether oxygens (including phenoxy) is 2. The quantitative estimate of drug-likeness (QED) is 0.608. The van der Waals surface area contributed by atoms with Gasteiger partial charge in [-0.05, 0) is 66.6 Å². The molecule has 6 heteroatoms. The maximum Gasteiger partial charge on any atom is 0.333 e. The van der Waals surface area contributed by atoms with E-state index in [1.54, 1.807) is 6.08 Å².